The van der Waals surface area contributed by atoms with Crippen LogP contribution in [-0.2, 0) is 34.0 Å². The van der Waals surface area contributed by atoms with E-state index in [1.54, 1.807) is 0 Å². The summed E-state index contributed by atoms with van der Waals surface area (Å²) in [6.07, 6.45) is -10.8. The molecule has 0 aliphatic heterocycles. The van der Waals surface area contributed by atoms with Crippen LogP contribution in [0.25, 0.3) is 0 Å². The molecule has 3 fully saturated rings. The average Bonchev–Trinajstić information content (AvgIpc) is 3.16. The summed E-state index contributed by atoms with van der Waals surface area (Å²) >= 11 is 0. The summed E-state index contributed by atoms with van der Waals surface area (Å²) in [5.74, 6) is -7.52. The zero-order chi connectivity index (χ0) is 23.7. The number of hydrogen-bond donors (Lipinski definition) is 1. The fraction of sp³-hybridized carbons (Fsp3) is 0.706. The highest BCUT2D eigenvalue weighted by Gasteiger charge is 2.72. The summed E-state index contributed by atoms with van der Waals surface area (Å²) in [5, 5.41) is -5.86. The Morgan fingerprint density at radius 3 is 2.32 bits per heavy atom. The highest BCUT2D eigenvalue weighted by atomic mass is 32.2. The monoisotopic (exact) mass is 476 g/mol. The van der Waals surface area contributed by atoms with Crippen LogP contribution in [0.3, 0.4) is 0 Å². The van der Waals surface area contributed by atoms with E-state index < -0.39 is 74.6 Å². The minimum atomic E-state index is -6.58. The maximum absolute atomic E-state index is 13.7. The Labute approximate surface area is 172 Å². The molecule has 0 aromatic heterocycles. The molecule has 0 amide bonds. The van der Waals surface area contributed by atoms with Gasteiger partial charge < -0.3 is 9.47 Å². The molecule has 3 aliphatic carbocycles. The van der Waals surface area contributed by atoms with Crippen LogP contribution in [0.1, 0.15) is 26.2 Å². The highest BCUT2D eigenvalue weighted by molar-refractivity contribution is 7.86. The lowest BCUT2D eigenvalue weighted by atomic mass is 9.77. The van der Waals surface area contributed by atoms with Crippen molar-refractivity contribution in [3.8, 4) is 0 Å². The van der Waals surface area contributed by atoms with Gasteiger partial charge in [-0.25, -0.2) is 4.79 Å². The van der Waals surface area contributed by atoms with Gasteiger partial charge in [-0.15, -0.1) is 0 Å². The summed E-state index contributed by atoms with van der Waals surface area (Å²) < 4.78 is 106. The molecule has 1 N–H and O–H groups in total. The van der Waals surface area contributed by atoms with E-state index in [0.717, 1.165) is 0 Å². The second-order valence-electron chi connectivity index (χ2n) is 8.13. The molecule has 6 atom stereocenters. The first-order valence-electron chi connectivity index (χ1n) is 8.96. The SMILES string of the molecule is C=C(C)C(=O)OC12CC(=O)C3C(C(=O)OC(C(F)(F)F)C(F)(F)S(=O)(=O)O)C(CC31)C2. The van der Waals surface area contributed by atoms with Crippen LogP contribution in [0.4, 0.5) is 22.0 Å². The van der Waals surface area contributed by atoms with Gasteiger partial charge in [0, 0.05) is 23.8 Å². The second-order valence-corrected chi connectivity index (χ2v) is 9.63. The van der Waals surface area contributed by atoms with Gasteiger partial charge in [0.15, 0.2) is 0 Å². The number of esters is 2. The van der Waals surface area contributed by atoms with E-state index in [2.05, 4.69) is 11.3 Å². The molecule has 0 saturated heterocycles. The van der Waals surface area contributed by atoms with Crippen molar-refractivity contribution in [1.29, 1.82) is 0 Å². The molecule has 6 unspecified atom stereocenters. The predicted molar refractivity (Wildman–Crippen MR) is 88.9 cm³/mol. The molecule has 14 heteroatoms. The first kappa shape index (κ1) is 23.6. The zero-order valence-electron chi connectivity index (χ0n) is 15.8. The van der Waals surface area contributed by atoms with Crippen LogP contribution in [0.15, 0.2) is 12.2 Å². The Morgan fingerprint density at radius 2 is 1.84 bits per heavy atom. The molecular formula is C17H17F5O8S. The zero-order valence-corrected chi connectivity index (χ0v) is 16.6. The number of rotatable bonds is 6. The van der Waals surface area contributed by atoms with Crippen molar-refractivity contribution in [1.82, 2.24) is 0 Å². The van der Waals surface area contributed by atoms with Crippen LogP contribution in [0.2, 0.25) is 0 Å². The lowest BCUT2D eigenvalue weighted by Gasteiger charge is -2.35. The third kappa shape index (κ3) is 3.62. The molecule has 0 heterocycles. The lowest BCUT2D eigenvalue weighted by Crippen LogP contribution is -2.53. The fourth-order valence-electron chi connectivity index (χ4n) is 4.97. The summed E-state index contributed by atoms with van der Waals surface area (Å²) in [4.78, 5) is 36.8. The predicted octanol–water partition coefficient (Wildman–Crippen LogP) is 2.04. The van der Waals surface area contributed by atoms with Crippen molar-refractivity contribution >= 4 is 27.8 Å². The lowest BCUT2D eigenvalue weighted by molar-refractivity contribution is -0.261. The third-order valence-electron chi connectivity index (χ3n) is 6.11. The van der Waals surface area contributed by atoms with Gasteiger partial charge in [0.1, 0.15) is 11.4 Å². The Morgan fingerprint density at radius 1 is 1.26 bits per heavy atom. The summed E-state index contributed by atoms with van der Waals surface area (Å²) in [6, 6.07) is 0. The van der Waals surface area contributed by atoms with Crippen LogP contribution < -0.4 is 0 Å². The first-order chi connectivity index (χ1) is 13.9. The fourth-order valence-corrected chi connectivity index (χ4v) is 5.42. The third-order valence-corrected chi connectivity index (χ3v) is 7.01. The molecule has 3 aliphatic rings. The van der Waals surface area contributed by atoms with Crippen LogP contribution >= 0.6 is 0 Å². The number of Topliss-reactive ketones (excluding diaryl/α,β-unsaturated/α-hetero) is 1. The molecule has 8 nitrogen and oxygen atoms in total. The van der Waals surface area contributed by atoms with Crippen molar-refractivity contribution < 1.29 is 58.8 Å². The quantitative estimate of drug-likeness (QED) is 0.267. The Hall–Kier alpha value is -2.09. The van der Waals surface area contributed by atoms with Gasteiger partial charge in [0.05, 0.1) is 5.92 Å². The number of alkyl halides is 5. The number of hydrogen-bond acceptors (Lipinski definition) is 7. The first-order valence-corrected chi connectivity index (χ1v) is 10.4. The molecular weight excluding hydrogens is 459 g/mol. The molecule has 0 radical (unpaired) electrons. The van der Waals surface area contributed by atoms with E-state index in [1.165, 1.54) is 6.92 Å². The van der Waals surface area contributed by atoms with Crippen molar-refractivity contribution in [2.75, 3.05) is 0 Å². The molecule has 3 saturated carbocycles. The number of ether oxygens (including phenoxy) is 2. The standard InChI is InChI=1S/C17H17F5O8S/c1-6(2)12(24)30-15-4-7-3-8(15)11(9(23)5-15)10(7)13(25)29-14(16(18,19)20)17(21,22)31(26,27)28/h7-8,10-11,14H,1,3-5H2,2H3,(H,26,27,28). The van der Waals surface area contributed by atoms with Gasteiger partial charge in [0.25, 0.3) is 6.10 Å². The van der Waals surface area contributed by atoms with E-state index in [1.807, 2.05) is 0 Å². The van der Waals surface area contributed by atoms with Crippen molar-refractivity contribution in [2.24, 2.45) is 23.7 Å². The van der Waals surface area contributed by atoms with Crippen LogP contribution in [0, 0.1) is 23.7 Å². The van der Waals surface area contributed by atoms with E-state index in [9.17, 15) is 44.8 Å². The van der Waals surface area contributed by atoms with Crippen LogP contribution in [-0.4, -0.2) is 53.8 Å². The van der Waals surface area contributed by atoms with Gasteiger partial charge in [-0.05, 0) is 25.7 Å². The second kappa shape index (κ2) is 6.95. The number of halogens is 5. The number of fused-ring (bicyclic) bond motifs is 1. The number of ketones is 1. The molecule has 0 aromatic carbocycles. The maximum atomic E-state index is 13.7. The van der Waals surface area contributed by atoms with Gasteiger partial charge in [-0.2, -0.15) is 30.4 Å². The highest BCUT2D eigenvalue weighted by Crippen LogP contribution is 2.65. The van der Waals surface area contributed by atoms with Gasteiger partial charge >= 0.3 is 33.5 Å². The summed E-state index contributed by atoms with van der Waals surface area (Å²) in [5.41, 5.74) is -1.22. The minimum Gasteiger partial charge on any atom is -0.455 e. The maximum Gasteiger partial charge on any atom is 0.432 e. The molecule has 31 heavy (non-hydrogen) atoms. The Kier molecular flexibility index (Phi) is 5.29. The minimum absolute atomic E-state index is 0.0458. The normalized spacial score (nSPS) is 33.3. The van der Waals surface area contributed by atoms with E-state index >= 15 is 0 Å². The van der Waals surface area contributed by atoms with E-state index in [-0.39, 0.29) is 24.8 Å². The molecule has 2 bridgehead atoms. The van der Waals surface area contributed by atoms with Crippen molar-refractivity contribution in [3.05, 3.63) is 12.2 Å². The summed E-state index contributed by atoms with van der Waals surface area (Å²) in [7, 11) is -6.58. The van der Waals surface area contributed by atoms with Gasteiger partial charge in [-0.3, -0.25) is 14.1 Å². The molecule has 3 rings (SSSR count). The molecule has 0 aromatic rings. The van der Waals surface area contributed by atoms with E-state index in [4.69, 9.17) is 9.29 Å². The van der Waals surface area contributed by atoms with Crippen LogP contribution in [0.5, 0.6) is 0 Å². The topological polar surface area (TPSA) is 124 Å². The van der Waals surface area contributed by atoms with Gasteiger partial charge in [0.2, 0.25) is 0 Å². The smallest absolute Gasteiger partial charge is 0.432 e. The Bertz CT molecular complexity index is 958. The Balaban J connectivity index is 1.86. The van der Waals surface area contributed by atoms with E-state index in [0.29, 0.717) is 0 Å². The number of carbonyl (C=O) groups is 3. The van der Waals surface area contributed by atoms with Crippen molar-refractivity contribution in [2.45, 2.75) is 49.3 Å². The van der Waals surface area contributed by atoms with Gasteiger partial charge in [-0.1, -0.05) is 6.58 Å². The largest absolute Gasteiger partial charge is 0.455 e. The summed E-state index contributed by atoms with van der Waals surface area (Å²) in [6.45, 7) is 4.79. The molecule has 174 valence electrons. The average molecular weight is 476 g/mol. The molecule has 0 spiro atoms. The van der Waals surface area contributed by atoms with Crippen molar-refractivity contribution in [3.63, 3.8) is 0 Å². The number of carbonyl (C=O) groups excluding carboxylic acids is 3.